The normalized spacial score (nSPS) is 13.1. The van der Waals surface area contributed by atoms with Crippen molar-refractivity contribution < 1.29 is 19.1 Å². The van der Waals surface area contributed by atoms with Crippen LogP contribution in [0, 0.1) is 5.92 Å². The van der Waals surface area contributed by atoms with E-state index in [1.807, 2.05) is 12.1 Å². The topological polar surface area (TPSA) is 91.9 Å². The Morgan fingerprint density at radius 1 is 1.00 bits per heavy atom. The third kappa shape index (κ3) is 5.84. The molecule has 0 saturated carbocycles. The van der Waals surface area contributed by atoms with Crippen LogP contribution in [0.3, 0.4) is 0 Å². The standard InChI is InChI=1S/C24H32N4O4/c1-16(2)15-25-23(29)19-13-17(7-10-21(19)28-11-5-6-12-28)26-24(30)27-20-9-8-18(31-3)14-22(20)32-4/h7-10,13-14,16H,5-6,11-12,15H2,1-4H3,(H,25,29)(H2,26,27,30). The fourth-order valence-electron chi connectivity index (χ4n) is 3.61. The Kier molecular flexibility index (Phi) is 7.81. The lowest BCUT2D eigenvalue weighted by Crippen LogP contribution is -2.30. The summed E-state index contributed by atoms with van der Waals surface area (Å²) in [7, 11) is 3.09. The molecule has 8 nitrogen and oxygen atoms in total. The van der Waals surface area contributed by atoms with Crippen LogP contribution < -0.4 is 30.3 Å². The Morgan fingerprint density at radius 2 is 1.75 bits per heavy atom. The molecule has 0 bridgehead atoms. The van der Waals surface area contributed by atoms with Crippen LogP contribution in [-0.2, 0) is 0 Å². The van der Waals surface area contributed by atoms with Gasteiger partial charge in [-0.2, -0.15) is 0 Å². The molecule has 3 N–H and O–H groups in total. The average molecular weight is 441 g/mol. The lowest BCUT2D eigenvalue weighted by molar-refractivity contribution is 0.0949. The van der Waals surface area contributed by atoms with E-state index < -0.39 is 6.03 Å². The van der Waals surface area contributed by atoms with E-state index in [-0.39, 0.29) is 5.91 Å². The largest absolute Gasteiger partial charge is 0.497 e. The molecule has 3 amide bonds. The van der Waals surface area contributed by atoms with Crippen molar-refractivity contribution in [3.8, 4) is 11.5 Å². The van der Waals surface area contributed by atoms with Crippen LogP contribution in [-0.4, -0.2) is 45.8 Å². The van der Waals surface area contributed by atoms with Gasteiger partial charge >= 0.3 is 6.03 Å². The van der Waals surface area contributed by atoms with Crippen LogP contribution in [0.2, 0.25) is 0 Å². The third-order valence-electron chi connectivity index (χ3n) is 5.27. The zero-order chi connectivity index (χ0) is 23.1. The van der Waals surface area contributed by atoms with Gasteiger partial charge in [-0.25, -0.2) is 4.79 Å². The van der Waals surface area contributed by atoms with Gasteiger partial charge in [0.2, 0.25) is 0 Å². The summed E-state index contributed by atoms with van der Waals surface area (Å²) in [5.41, 5.74) is 2.50. The molecule has 1 heterocycles. The molecule has 1 aliphatic heterocycles. The summed E-state index contributed by atoms with van der Waals surface area (Å²) in [6, 6.07) is 10.2. The predicted molar refractivity (Wildman–Crippen MR) is 127 cm³/mol. The number of rotatable bonds is 8. The number of ether oxygens (including phenoxy) is 2. The Bertz CT molecular complexity index is 955. The number of nitrogens with one attached hydrogen (secondary N) is 3. The van der Waals surface area contributed by atoms with Gasteiger partial charge in [-0.1, -0.05) is 13.8 Å². The number of hydrogen-bond acceptors (Lipinski definition) is 5. The van der Waals surface area contributed by atoms with E-state index in [1.165, 1.54) is 7.11 Å². The zero-order valence-electron chi connectivity index (χ0n) is 19.2. The highest BCUT2D eigenvalue weighted by Crippen LogP contribution is 2.30. The van der Waals surface area contributed by atoms with Gasteiger partial charge in [0.05, 0.1) is 25.5 Å². The van der Waals surface area contributed by atoms with Crippen molar-refractivity contribution in [1.82, 2.24) is 5.32 Å². The van der Waals surface area contributed by atoms with Gasteiger partial charge in [-0.3, -0.25) is 4.79 Å². The Balaban J connectivity index is 1.78. The quantitative estimate of drug-likeness (QED) is 0.568. The number of anilines is 3. The molecule has 1 aliphatic rings. The number of hydrogen-bond donors (Lipinski definition) is 3. The fraction of sp³-hybridized carbons (Fsp3) is 0.417. The average Bonchev–Trinajstić information content (AvgIpc) is 3.32. The van der Waals surface area contributed by atoms with Gasteiger partial charge in [-0.05, 0) is 49.1 Å². The molecule has 3 rings (SSSR count). The van der Waals surface area contributed by atoms with Gasteiger partial charge in [-0.15, -0.1) is 0 Å². The van der Waals surface area contributed by atoms with Crippen molar-refractivity contribution in [3.05, 3.63) is 42.0 Å². The minimum Gasteiger partial charge on any atom is -0.497 e. The number of carbonyl (C=O) groups excluding carboxylic acids is 2. The maximum Gasteiger partial charge on any atom is 0.323 e. The van der Waals surface area contributed by atoms with Gasteiger partial charge in [0.25, 0.3) is 5.91 Å². The molecular weight excluding hydrogens is 408 g/mol. The van der Waals surface area contributed by atoms with Gasteiger partial charge in [0.1, 0.15) is 11.5 Å². The first-order valence-corrected chi connectivity index (χ1v) is 10.9. The van der Waals surface area contributed by atoms with Crippen LogP contribution >= 0.6 is 0 Å². The second kappa shape index (κ2) is 10.7. The summed E-state index contributed by atoms with van der Waals surface area (Å²) in [4.78, 5) is 27.7. The summed E-state index contributed by atoms with van der Waals surface area (Å²) in [6.07, 6.45) is 2.22. The Hall–Kier alpha value is -3.42. The molecule has 0 atom stereocenters. The first kappa shape index (κ1) is 23.2. The monoisotopic (exact) mass is 440 g/mol. The molecule has 2 aromatic rings. The van der Waals surface area contributed by atoms with Crippen LogP contribution in [0.4, 0.5) is 21.9 Å². The highest BCUT2D eigenvalue weighted by atomic mass is 16.5. The van der Waals surface area contributed by atoms with Crippen molar-refractivity contribution in [1.29, 1.82) is 0 Å². The summed E-state index contributed by atoms with van der Waals surface area (Å²) in [5.74, 6) is 1.32. The van der Waals surface area contributed by atoms with E-state index in [2.05, 4.69) is 34.7 Å². The molecule has 0 radical (unpaired) electrons. The minimum absolute atomic E-state index is 0.138. The molecule has 172 valence electrons. The fourth-order valence-corrected chi connectivity index (χ4v) is 3.61. The van der Waals surface area contributed by atoms with E-state index in [9.17, 15) is 9.59 Å². The highest BCUT2D eigenvalue weighted by molar-refractivity contribution is 6.04. The van der Waals surface area contributed by atoms with Crippen molar-refractivity contribution in [2.45, 2.75) is 26.7 Å². The number of urea groups is 1. The summed E-state index contributed by atoms with van der Waals surface area (Å²) < 4.78 is 10.5. The smallest absolute Gasteiger partial charge is 0.323 e. The van der Waals surface area contributed by atoms with E-state index in [0.29, 0.717) is 40.9 Å². The van der Waals surface area contributed by atoms with Gasteiger partial charge in [0.15, 0.2) is 0 Å². The van der Waals surface area contributed by atoms with E-state index >= 15 is 0 Å². The van der Waals surface area contributed by atoms with Crippen LogP contribution in [0.15, 0.2) is 36.4 Å². The zero-order valence-corrected chi connectivity index (χ0v) is 19.2. The number of nitrogens with zero attached hydrogens (tertiary/aromatic N) is 1. The van der Waals surface area contributed by atoms with Crippen molar-refractivity contribution in [3.63, 3.8) is 0 Å². The SMILES string of the molecule is COc1ccc(NC(=O)Nc2ccc(N3CCCC3)c(C(=O)NCC(C)C)c2)c(OC)c1. The van der Waals surface area contributed by atoms with Crippen LogP contribution in [0.1, 0.15) is 37.0 Å². The van der Waals surface area contributed by atoms with E-state index in [4.69, 9.17) is 9.47 Å². The molecule has 0 aliphatic carbocycles. The van der Waals surface area contributed by atoms with E-state index in [1.54, 1.807) is 31.4 Å². The number of amides is 3. The molecule has 32 heavy (non-hydrogen) atoms. The molecule has 1 saturated heterocycles. The maximum atomic E-state index is 12.9. The first-order valence-electron chi connectivity index (χ1n) is 10.9. The van der Waals surface area contributed by atoms with Crippen LogP contribution in [0.25, 0.3) is 0 Å². The third-order valence-corrected chi connectivity index (χ3v) is 5.27. The molecular formula is C24H32N4O4. The molecule has 8 heteroatoms. The maximum absolute atomic E-state index is 12.9. The molecule has 0 unspecified atom stereocenters. The highest BCUT2D eigenvalue weighted by Gasteiger charge is 2.21. The predicted octanol–water partition coefficient (Wildman–Crippen LogP) is 4.33. The van der Waals surface area contributed by atoms with Gasteiger partial charge < -0.3 is 30.3 Å². The Morgan fingerprint density at radius 3 is 2.41 bits per heavy atom. The Labute approximate surface area is 189 Å². The lowest BCUT2D eigenvalue weighted by atomic mass is 10.1. The lowest BCUT2D eigenvalue weighted by Gasteiger charge is -2.22. The summed E-state index contributed by atoms with van der Waals surface area (Å²) in [6.45, 7) is 6.55. The number of carbonyl (C=O) groups is 2. The van der Waals surface area contributed by atoms with Crippen molar-refractivity contribution in [2.75, 3.05) is 49.4 Å². The first-order chi connectivity index (χ1) is 15.4. The molecule has 0 aromatic heterocycles. The second-order valence-electron chi connectivity index (χ2n) is 8.18. The van der Waals surface area contributed by atoms with E-state index in [0.717, 1.165) is 31.6 Å². The van der Waals surface area contributed by atoms with Crippen molar-refractivity contribution in [2.24, 2.45) is 5.92 Å². The molecule has 0 spiro atoms. The number of methoxy groups -OCH3 is 2. The molecule has 2 aromatic carbocycles. The minimum atomic E-state index is -0.434. The van der Waals surface area contributed by atoms with Crippen LogP contribution in [0.5, 0.6) is 11.5 Å². The summed E-state index contributed by atoms with van der Waals surface area (Å²) >= 11 is 0. The van der Waals surface area contributed by atoms with Gasteiger partial charge in [0, 0.05) is 37.1 Å². The second-order valence-corrected chi connectivity index (χ2v) is 8.18. The number of benzene rings is 2. The molecule has 1 fully saturated rings. The van der Waals surface area contributed by atoms with Crippen molar-refractivity contribution >= 4 is 29.0 Å². The summed E-state index contributed by atoms with van der Waals surface area (Å²) in [5, 5.41) is 8.58.